The van der Waals surface area contributed by atoms with Crippen LogP contribution in [0.5, 0.6) is 0 Å². The van der Waals surface area contributed by atoms with Crippen LogP contribution >= 0.6 is 0 Å². The number of hydrogen-bond acceptors (Lipinski definition) is 3. The van der Waals surface area contributed by atoms with Crippen LogP contribution in [-0.4, -0.2) is 32.9 Å². The van der Waals surface area contributed by atoms with Crippen LogP contribution in [0.4, 0.5) is 0 Å². The second-order valence-corrected chi connectivity index (χ2v) is 8.93. The summed E-state index contributed by atoms with van der Waals surface area (Å²) in [5.41, 5.74) is 3.73. The SMILES string of the molecule is Cc1ccccc1CC(C)NC(C)c1ccc(S(=O)(=O)N(C)C)cc1. The van der Waals surface area contributed by atoms with Crippen molar-refractivity contribution in [1.29, 1.82) is 0 Å². The van der Waals surface area contributed by atoms with Crippen LogP contribution in [-0.2, 0) is 16.4 Å². The normalized spacial score (nSPS) is 14.5. The van der Waals surface area contributed by atoms with Gasteiger partial charge in [0.2, 0.25) is 10.0 Å². The van der Waals surface area contributed by atoms with E-state index in [0.717, 1.165) is 12.0 Å². The average molecular weight is 361 g/mol. The molecule has 0 amide bonds. The van der Waals surface area contributed by atoms with Crippen LogP contribution in [0.15, 0.2) is 53.4 Å². The summed E-state index contributed by atoms with van der Waals surface area (Å²) in [7, 11) is -0.290. The molecule has 136 valence electrons. The van der Waals surface area contributed by atoms with E-state index in [0.29, 0.717) is 10.9 Å². The van der Waals surface area contributed by atoms with Crippen LogP contribution in [0.2, 0.25) is 0 Å². The van der Waals surface area contributed by atoms with Crippen LogP contribution in [0, 0.1) is 6.92 Å². The molecular formula is C20H28N2O2S. The summed E-state index contributed by atoms with van der Waals surface area (Å²) in [6.45, 7) is 6.41. The van der Waals surface area contributed by atoms with Gasteiger partial charge in [-0.1, -0.05) is 36.4 Å². The van der Waals surface area contributed by atoms with Gasteiger partial charge in [-0.15, -0.1) is 0 Å². The number of nitrogens with zero attached hydrogens (tertiary/aromatic N) is 1. The zero-order valence-electron chi connectivity index (χ0n) is 15.7. The molecule has 0 spiro atoms. The maximum absolute atomic E-state index is 12.1. The van der Waals surface area contributed by atoms with Crippen LogP contribution in [0.3, 0.4) is 0 Å². The quantitative estimate of drug-likeness (QED) is 0.822. The highest BCUT2D eigenvalue weighted by atomic mass is 32.2. The van der Waals surface area contributed by atoms with Gasteiger partial charge in [0.25, 0.3) is 0 Å². The lowest BCUT2D eigenvalue weighted by molar-refractivity contribution is 0.476. The van der Waals surface area contributed by atoms with E-state index in [1.165, 1.54) is 15.4 Å². The van der Waals surface area contributed by atoms with Gasteiger partial charge in [-0.05, 0) is 56.0 Å². The largest absolute Gasteiger partial charge is 0.307 e. The Morgan fingerprint density at radius 1 is 1.00 bits per heavy atom. The number of rotatable bonds is 7. The van der Waals surface area contributed by atoms with E-state index >= 15 is 0 Å². The standard InChI is InChI=1S/C20H28N2O2S/c1-15-8-6-7-9-19(15)14-16(2)21-17(3)18-10-12-20(13-11-18)25(23,24)22(4)5/h6-13,16-17,21H,14H2,1-5H3. The molecule has 2 aromatic rings. The van der Waals surface area contributed by atoms with Crippen molar-refractivity contribution in [2.45, 2.75) is 44.2 Å². The molecule has 4 nitrogen and oxygen atoms in total. The van der Waals surface area contributed by atoms with Gasteiger partial charge in [0.15, 0.2) is 0 Å². The first-order valence-electron chi connectivity index (χ1n) is 8.55. The van der Waals surface area contributed by atoms with Crippen molar-refractivity contribution in [1.82, 2.24) is 9.62 Å². The van der Waals surface area contributed by atoms with Gasteiger partial charge >= 0.3 is 0 Å². The number of hydrogen-bond donors (Lipinski definition) is 1. The van der Waals surface area contributed by atoms with Gasteiger partial charge in [0.05, 0.1) is 4.90 Å². The van der Waals surface area contributed by atoms with Crippen LogP contribution in [0.1, 0.15) is 36.6 Å². The molecule has 0 saturated carbocycles. The van der Waals surface area contributed by atoms with E-state index in [4.69, 9.17) is 0 Å². The molecule has 2 unspecified atom stereocenters. The fourth-order valence-electron chi connectivity index (χ4n) is 2.89. The first kappa shape index (κ1) is 19.6. The lowest BCUT2D eigenvalue weighted by Gasteiger charge is -2.21. The molecule has 2 aromatic carbocycles. The maximum Gasteiger partial charge on any atom is 0.242 e. The van der Waals surface area contributed by atoms with E-state index in [-0.39, 0.29) is 6.04 Å². The monoisotopic (exact) mass is 360 g/mol. The molecular weight excluding hydrogens is 332 g/mol. The second-order valence-electron chi connectivity index (χ2n) is 6.78. The molecule has 0 radical (unpaired) electrons. The Kier molecular flexibility index (Phi) is 6.38. The number of benzene rings is 2. The lowest BCUT2D eigenvalue weighted by Crippen LogP contribution is -2.31. The van der Waals surface area contributed by atoms with Crippen molar-refractivity contribution < 1.29 is 8.42 Å². The summed E-state index contributed by atoms with van der Waals surface area (Å²) in [5, 5.41) is 3.59. The average Bonchev–Trinajstić information content (AvgIpc) is 2.57. The van der Waals surface area contributed by atoms with Crippen molar-refractivity contribution in [3.63, 3.8) is 0 Å². The Morgan fingerprint density at radius 3 is 2.16 bits per heavy atom. The second kappa shape index (κ2) is 8.13. The van der Waals surface area contributed by atoms with Crippen molar-refractivity contribution in [2.24, 2.45) is 0 Å². The first-order chi connectivity index (χ1) is 11.7. The van der Waals surface area contributed by atoms with Gasteiger partial charge in [-0.2, -0.15) is 0 Å². The molecule has 0 aromatic heterocycles. The fourth-order valence-corrected chi connectivity index (χ4v) is 3.79. The highest BCUT2D eigenvalue weighted by Crippen LogP contribution is 2.19. The highest BCUT2D eigenvalue weighted by Gasteiger charge is 2.17. The van der Waals surface area contributed by atoms with E-state index in [9.17, 15) is 8.42 Å². The number of nitrogens with one attached hydrogen (secondary N) is 1. The number of sulfonamides is 1. The molecule has 25 heavy (non-hydrogen) atoms. The minimum atomic E-state index is -3.37. The third-order valence-electron chi connectivity index (χ3n) is 4.48. The Balaban J connectivity index is 2.03. The van der Waals surface area contributed by atoms with Crippen molar-refractivity contribution in [3.8, 4) is 0 Å². The van der Waals surface area contributed by atoms with Gasteiger partial charge in [-0.25, -0.2) is 12.7 Å². The predicted molar refractivity (Wildman–Crippen MR) is 103 cm³/mol. The molecule has 5 heteroatoms. The lowest BCUT2D eigenvalue weighted by atomic mass is 10.0. The molecule has 0 bridgehead atoms. The molecule has 2 atom stereocenters. The smallest absolute Gasteiger partial charge is 0.242 e. The summed E-state index contributed by atoms with van der Waals surface area (Å²) in [4.78, 5) is 0.321. The Hall–Kier alpha value is -1.69. The third kappa shape index (κ3) is 4.91. The van der Waals surface area contributed by atoms with E-state index in [1.807, 2.05) is 12.1 Å². The molecule has 2 rings (SSSR count). The van der Waals surface area contributed by atoms with E-state index in [2.05, 4.69) is 50.4 Å². The Labute approximate surface area is 151 Å². The molecule has 0 heterocycles. The predicted octanol–water partition coefficient (Wildman–Crippen LogP) is 3.53. The van der Waals surface area contributed by atoms with Gasteiger partial charge in [-0.3, -0.25) is 0 Å². The summed E-state index contributed by atoms with van der Waals surface area (Å²) in [5.74, 6) is 0. The minimum Gasteiger partial charge on any atom is -0.307 e. The topological polar surface area (TPSA) is 49.4 Å². The van der Waals surface area contributed by atoms with Gasteiger partial charge in [0, 0.05) is 26.2 Å². The summed E-state index contributed by atoms with van der Waals surface area (Å²) in [6.07, 6.45) is 0.962. The Bertz CT molecular complexity index is 799. The van der Waals surface area contributed by atoms with E-state index < -0.39 is 10.0 Å². The van der Waals surface area contributed by atoms with Crippen molar-refractivity contribution in [2.75, 3.05) is 14.1 Å². The minimum absolute atomic E-state index is 0.148. The molecule has 0 aliphatic heterocycles. The first-order valence-corrected chi connectivity index (χ1v) is 9.99. The van der Waals surface area contributed by atoms with Crippen molar-refractivity contribution >= 4 is 10.0 Å². The summed E-state index contributed by atoms with van der Waals surface area (Å²) in [6, 6.07) is 16.0. The molecule has 0 saturated heterocycles. The van der Waals surface area contributed by atoms with Crippen LogP contribution in [0.25, 0.3) is 0 Å². The van der Waals surface area contributed by atoms with Crippen molar-refractivity contribution in [3.05, 3.63) is 65.2 Å². The third-order valence-corrected chi connectivity index (χ3v) is 6.31. The van der Waals surface area contributed by atoms with Gasteiger partial charge < -0.3 is 5.32 Å². The zero-order chi connectivity index (χ0) is 18.6. The molecule has 0 aliphatic carbocycles. The van der Waals surface area contributed by atoms with Crippen LogP contribution < -0.4 is 5.32 Å². The van der Waals surface area contributed by atoms with Gasteiger partial charge in [0.1, 0.15) is 0 Å². The molecule has 0 fully saturated rings. The summed E-state index contributed by atoms with van der Waals surface area (Å²) >= 11 is 0. The van der Waals surface area contributed by atoms with E-state index in [1.54, 1.807) is 26.2 Å². The number of aryl methyl sites for hydroxylation is 1. The zero-order valence-corrected chi connectivity index (χ0v) is 16.5. The Morgan fingerprint density at radius 2 is 1.60 bits per heavy atom. The molecule has 1 N–H and O–H groups in total. The fraction of sp³-hybridized carbons (Fsp3) is 0.400. The maximum atomic E-state index is 12.1. The molecule has 0 aliphatic rings. The summed E-state index contributed by atoms with van der Waals surface area (Å²) < 4.78 is 25.5. The highest BCUT2D eigenvalue weighted by molar-refractivity contribution is 7.89.